The fourth-order valence-corrected chi connectivity index (χ4v) is 1.31. The normalized spacial score (nSPS) is 13.2. The van der Waals surface area contributed by atoms with E-state index in [0.717, 1.165) is 12.8 Å². The molecule has 0 aromatic carbocycles. The van der Waals surface area contributed by atoms with Crippen LogP contribution in [0.3, 0.4) is 0 Å². The summed E-state index contributed by atoms with van der Waals surface area (Å²) in [5.41, 5.74) is 0. The van der Waals surface area contributed by atoms with Crippen molar-refractivity contribution in [2.45, 2.75) is 58.0 Å². The van der Waals surface area contributed by atoms with Crippen LogP contribution in [0.25, 0.3) is 0 Å². The Balaban J connectivity index is 3.28. The minimum atomic E-state index is -1.25. The Morgan fingerprint density at radius 2 is 1.87 bits per heavy atom. The first-order valence-electron chi connectivity index (χ1n) is 5.74. The number of allylic oxidation sites excluding steroid dienone is 1. The Labute approximate surface area is 91.8 Å². The highest BCUT2D eigenvalue weighted by atomic mass is 16.4. The Morgan fingerprint density at radius 1 is 1.20 bits per heavy atom. The van der Waals surface area contributed by atoms with Crippen LogP contribution in [-0.2, 0) is 4.79 Å². The summed E-state index contributed by atoms with van der Waals surface area (Å²) in [7, 11) is 0. The molecule has 0 aliphatic rings. The summed E-state index contributed by atoms with van der Waals surface area (Å²) >= 11 is 0. The van der Waals surface area contributed by atoms with Crippen LogP contribution in [0.15, 0.2) is 12.2 Å². The van der Waals surface area contributed by atoms with Crippen molar-refractivity contribution in [1.29, 1.82) is 0 Å². The SMILES string of the molecule is CCCCCCCC=CCC(O)C(=O)O. The van der Waals surface area contributed by atoms with Crippen molar-refractivity contribution in [2.75, 3.05) is 0 Å². The summed E-state index contributed by atoms with van der Waals surface area (Å²) in [6.07, 6.45) is 9.86. The van der Waals surface area contributed by atoms with Gasteiger partial charge < -0.3 is 10.2 Å². The third-order valence-electron chi connectivity index (χ3n) is 2.29. The fourth-order valence-electron chi connectivity index (χ4n) is 1.31. The van der Waals surface area contributed by atoms with Crippen molar-refractivity contribution in [3.8, 4) is 0 Å². The second kappa shape index (κ2) is 9.71. The maximum absolute atomic E-state index is 10.3. The number of carboxylic acids is 1. The first-order chi connectivity index (χ1) is 7.18. The van der Waals surface area contributed by atoms with E-state index in [1.54, 1.807) is 6.08 Å². The average molecular weight is 214 g/mol. The maximum atomic E-state index is 10.3. The monoisotopic (exact) mass is 214 g/mol. The molecule has 0 bridgehead atoms. The molecule has 1 unspecified atom stereocenters. The third kappa shape index (κ3) is 9.47. The molecule has 88 valence electrons. The molecule has 0 aliphatic carbocycles. The lowest BCUT2D eigenvalue weighted by Crippen LogP contribution is -2.17. The summed E-state index contributed by atoms with van der Waals surface area (Å²) in [6.45, 7) is 2.19. The van der Waals surface area contributed by atoms with Gasteiger partial charge in [-0.2, -0.15) is 0 Å². The van der Waals surface area contributed by atoms with Crippen LogP contribution in [0.4, 0.5) is 0 Å². The molecule has 0 radical (unpaired) electrons. The van der Waals surface area contributed by atoms with Gasteiger partial charge in [0.15, 0.2) is 6.10 Å². The maximum Gasteiger partial charge on any atom is 0.332 e. The molecule has 0 spiro atoms. The lowest BCUT2D eigenvalue weighted by molar-refractivity contribution is -0.146. The predicted octanol–water partition coefficient (Wildman–Crippen LogP) is 2.74. The van der Waals surface area contributed by atoms with Crippen molar-refractivity contribution >= 4 is 5.97 Å². The average Bonchev–Trinajstić information content (AvgIpc) is 2.21. The van der Waals surface area contributed by atoms with E-state index < -0.39 is 12.1 Å². The van der Waals surface area contributed by atoms with Crippen molar-refractivity contribution in [3.05, 3.63) is 12.2 Å². The van der Waals surface area contributed by atoms with Crippen LogP contribution in [0.2, 0.25) is 0 Å². The number of hydrogen-bond acceptors (Lipinski definition) is 2. The molecule has 3 nitrogen and oxygen atoms in total. The number of unbranched alkanes of at least 4 members (excludes halogenated alkanes) is 5. The van der Waals surface area contributed by atoms with Gasteiger partial charge in [-0.1, -0.05) is 44.8 Å². The third-order valence-corrected chi connectivity index (χ3v) is 2.29. The zero-order valence-electron chi connectivity index (χ0n) is 9.48. The first-order valence-corrected chi connectivity index (χ1v) is 5.74. The molecule has 0 aromatic heterocycles. The zero-order chi connectivity index (χ0) is 11.5. The van der Waals surface area contributed by atoms with Crippen LogP contribution >= 0.6 is 0 Å². The van der Waals surface area contributed by atoms with Crippen LogP contribution < -0.4 is 0 Å². The minimum Gasteiger partial charge on any atom is -0.479 e. The van der Waals surface area contributed by atoms with Crippen molar-refractivity contribution in [1.82, 2.24) is 0 Å². The Bertz CT molecular complexity index is 187. The number of aliphatic hydroxyl groups is 1. The molecule has 2 N–H and O–H groups in total. The molecule has 0 heterocycles. The van der Waals surface area contributed by atoms with Crippen molar-refractivity contribution in [2.24, 2.45) is 0 Å². The zero-order valence-corrected chi connectivity index (χ0v) is 9.48. The van der Waals surface area contributed by atoms with Gasteiger partial charge in [0.1, 0.15) is 0 Å². The van der Waals surface area contributed by atoms with Gasteiger partial charge in [0, 0.05) is 6.42 Å². The molecule has 0 aromatic rings. The highest BCUT2D eigenvalue weighted by Gasteiger charge is 2.09. The Hall–Kier alpha value is -0.830. The van der Waals surface area contributed by atoms with E-state index in [-0.39, 0.29) is 6.42 Å². The van der Waals surface area contributed by atoms with E-state index in [9.17, 15) is 4.79 Å². The van der Waals surface area contributed by atoms with Crippen LogP contribution in [0, 0.1) is 0 Å². The Kier molecular flexibility index (Phi) is 9.18. The van der Waals surface area contributed by atoms with Crippen molar-refractivity contribution < 1.29 is 15.0 Å². The largest absolute Gasteiger partial charge is 0.479 e. The van der Waals surface area contributed by atoms with E-state index in [0.29, 0.717) is 0 Å². The lowest BCUT2D eigenvalue weighted by Gasteiger charge is -1.99. The van der Waals surface area contributed by atoms with Gasteiger partial charge in [-0.3, -0.25) is 0 Å². The van der Waals surface area contributed by atoms with Crippen LogP contribution in [0.1, 0.15) is 51.9 Å². The minimum absolute atomic E-state index is 0.213. The molecule has 0 saturated heterocycles. The first kappa shape index (κ1) is 14.2. The van der Waals surface area contributed by atoms with E-state index >= 15 is 0 Å². The van der Waals surface area contributed by atoms with Gasteiger partial charge >= 0.3 is 5.97 Å². The second-order valence-electron chi connectivity index (χ2n) is 3.76. The molecular weight excluding hydrogens is 192 g/mol. The molecule has 15 heavy (non-hydrogen) atoms. The highest BCUT2D eigenvalue weighted by molar-refractivity contribution is 5.72. The highest BCUT2D eigenvalue weighted by Crippen LogP contribution is 2.05. The number of carbonyl (C=O) groups is 1. The second-order valence-corrected chi connectivity index (χ2v) is 3.76. The predicted molar refractivity (Wildman–Crippen MR) is 60.8 cm³/mol. The molecular formula is C12H22O3. The van der Waals surface area contributed by atoms with E-state index in [1.807, 2.05) is 6.08 Å². The number of rotatable bonds is 9. The molecule has 0 amide bonds. The molecule has 0 saturated carbocycles. The van der Waals surface area contributed by atoms with Crippen molar-refractivity contribution in [3.63, 3.8) is 0 Å². The van der Waals surface area contributed by atoms with E-state index in [1.165, 1.54) is 25.7 Å². The standard InChI is InChI=1S/C12H22O3/c1-2-3-4-5-6-7-8-9-10-11(13)12(14)15/h8-9,11,13H,2-7,10H2,1H3,(H,14,15). The van der Waals surface area contributed by atoms with Gasteiger partial charge in [0.25, 0.3) is 0 Å². The van der Waals surface area contributed by atoms with E-state index in [4.69, 9.17) is 10.2 Å². The molecule has 0 rings (SSSR count). The van der Waals surface area contributed by atoms with Gasteiger partial charge in [-0.15, -0.1) is 0 Å². The summed E-state index contributed by atoms with van der Waals surface area (Å²) in [5.74, 6) is -1.15. The topological polar surface area (TPSA) is 57.5 Å². The fraction of sp³-hybridized carbons (Fsp3) is 0.750. The number of aliphatic hydroxyl groups excluding tert-OH is 1. The lowest BCUT2D eigenvalue weighted by atomic mass is 10.1. The number of carboxylic acid groups (broad SMARTS) is 1. The van der Waals surface area contributed by atoms with Gasteiger partial charge in [0.05, 0.1) is 0 Å². The van der Waals surface area contributed by atoms with Gasteiger partial charge in [0.2, 0.25) is 0 Å². The molecule has 1 atom stereocenters. The quantitative estimate of drug-likeness (QED) is 0.458. The molecule has 3 heteroatoms. The molecule has 0 aliphatic heterocycles. The van der Waals surface area contributed by atoms with Crippen LogP contribution in [-0.4, -0.2) is 22.3 Å². The number of hydrogen-bond donors (Lipinski definition) is 2. The summed E-state index contributed by atoms with van der Waals surface area (Å²) in [4.78, 5) is 10.3. The summed E-state index contributed by atoms with van der Waals surface area (Å²) < 4.78 is 0. The smallest absolute Gasteiger partial charge is 0.332 e. The Morgan fingerprint density at radius 3 is 2.47 bits per heavy atom. The van der Waals surface area contributed by atoms with E-state index in [2.05, 4.69) is 6.92 Å². The summed E-state index contributed by atoms with van der Waals surface area (Å²) in [5, 5.41) is 17.3. The molecule has 0 fully saturated rings. The number of aliphatic carboxylic acids is 1. The summed E-state index contributed by atoms with van der Waals surface area (Å²) in [6, 6.07) is 0. The van der Waals surface area contributed by atoms with Gasteiger partial charge in [-0.25, -0.2) is 4.79 Å². The van der Waals surface area contributed by atoms with Gasteiger partial charge in [-0.05, 0) is 12.8 Å². The van der Waals surface area contributed by atoms with Crippen LogP contribution in [0.5, 0.6) is 0 Å².